The predicted molar refractivity (Wildman–Crippen MR) is 71.0 cm³/mol. The number of nitrogens with one attached hydrogen (secondary N) is 2. The second kappa shape index (κ2) is 7.88. The first-order valence-corrected chi connectivity index (χ1v) is 7.20. The molecule has 0 aliphatic rings. The molecule has 0 heterocycles. The highest BCUT2D eigenvalue weighted by Crippen LogP contribution is 2.01. The van der Waals surface area contributed by atoms with Crippen molar-refractivity contribution in [3.8, 4) is 0 Å². The minimum absolute atomic E-state index is 0.0856. The topological polar surface area (TPSA) is 113 Å². The summed E-state index contributed by atoms with van der Waals surface area (Å²) in [7, 11) is -1.69. The fourth-order valence-corrected chi connectivity index (χ4v) is 2.40. The van der Waals surface area contributed by atoms with E-state index in [9.17, 15) is 18.6 Å². The highest BCUT2D eigenvalue weighted by Gasteiger charge is 2.27. The van der Waals surface area contributed by atoms with Crippen molar-refractivity contribution in [3.63, 3.8) is 0 Å². The van der Waals surface area contributed by atoms with Crippen molar-refractivity contribution in [2.75, 3.05) is 5.75 Å². The Labute approximate surface area is 114 Å². The smallest absolute Gasteiger partial charge is 0.327 e. The van der Waals surface area contributed by atoms with Crippen LogP contribution in [0.3, 0.4) is 0 Å². The molecule has 0 radical (unpaired) electrons. The fraction of sp³-hybridized carbons (Fsp3) is 0.727. The van der Waals surface area contributed by atoms with Crippen LogP contribution in [0.15, 0.2) is 0 Å². The van der Waals surface area contributed by atoms with Gasteiger partial charge in [-0.2, -0.15) is 0 Å². The number of carbonyl (C=O) groups excluding carboxylic acids is 2. The molecule has 110 valence electrons. The van der Waals surface area contributed by atoms with Gasteiger partial charge in [-0.3, -0.25) is 13.8 Å². The first-order chi connectivity index (χ1) is 8.65. The van der Waals surface area contributed by atoms with E-state index in [4.69, 9.17) is 5.11 Å². The quantitative estimate of drug-likeness (QED) is 0.571. The van der Waals surface area contributed by atoms with Gasteiger partial charge in [0, 0.05) is 23.8 Å². The highest BCUT2D eigenvalue weighted by molar-refractivity contribution is 7.86. The Morgan fingerprint density at radius 2 is 1.68 bits per heavy atom. The maximum absolute atomic E-state index is 11.9. The first-order valence-electron chi connectivity index (χ1n) is 5.82. The molecule has 0 bridgehead atoms. The van der Waals surface area contributed by atoms with Crippen LogP contribution < -0.4 is 10.6 Å². The molecule has 0 aromatic heterocycles. The zero-order chi connectivity index (χ0) is 15.2. The van der Waals surface area contributed by atoms with E-state index in [0.29, 0.717) is 0 Å². The van der Waals surface area contributed by atoms with Gasteiger partial charge in [0.2, 0.25) is 11.8 Å². The van der Waals surface area contributed by atoms with Gasteiger partial charge < -0.3 is 15.7 Å². The number of amides is 2. The Morgan fingerprint density at radius 3 is 2.05 bits per heavy atom. The summed E-state index contributed by atoms with van der Waals surface area (Å²) in [6, 6.07) is -1.34. The Bertz CT molecular complexity index is 383. The van der Waals surface area contributed by atoms with Gasteiger partial charge in [-0.15, -0.1) is 0 Å². The number of rotatable bonds is 7. The lowest BCUT2D eigenvalue weighted by molar-refractivity contribution is -0.140. The van der Waals surface area contributed by atoms with Crippen molar-refractivity contribution < 1.29 is 23.7 Å². The Kier molecular flexibility index (Phi) is 7.28. The molecule has 0 aliphatic heterocycles. The summed E-state index contributed by atoms with van der Waals surface area (Å²) in [4.78, 5) is 33.4. The molecule has 0 rings (SSSR count). The van der Waals surface area contributed by atoms with E-state index in [-0.39, 0.29) is 11.8 Å². The summed E-state index contributed by atoms with van der Waals surface area (Å²) < 4.78 is 11.9. The lowest BCUT2D eigenvalue weighted by atomic mass is 10.3. The van der Waals surface area contributed by atoms with Crippen molar-refractivity contribution in [1.82, 2.24) is 10.6 Å². The molecular weight excluding hydrogens is 272 g/mol. The van der Waals surface area contributed by atoms with Crippen LogP contribution >= 0.6 is 0 Å². The van der Waals surface area contributed by atoms with E-state index >= 15 is 0 Å². The Morgan fingerprint density at radius 1 is 1.16 bits per heavy atom. The monoisotopic (exact) mass is 292 g/mol. The Balaban J connectivity index is 4.59. The summed E-state index contributed by atoms with van der Waals surface area (Å²) >= 11 is 0. The van der Waals surface area contributed by atoms with E-state index in [0.717, 1.165) is 0 Å². The van der Waals surface area contributed by atoms with Gasteiger partial charge in [0.05, 0.1) is 5.75 Å². The van der Waals surface area contributed by atoms with Crippen LogP contribution in [0.2, 0.25) is 0 Å². The van der Waals surface area contributed by atoms with Crippen molar-refractivity contribution in [2.24, 2.45) is 0 Å². The van der Waals surface area contributed by atoms with E-state index in [1.165, 1.54) is 13.8 Å². The second-order valence-corrected chi connectivity index (χ2v) is 6.25. The molecule has 0 fully saturated rings. The van der Waals surface area contributed by atoms with Crippen LogP contribution in [-0.2, 0) is 25.2 Å². The van der Waals surface area contributed by atoms with Crippen molar-refractivity contribution in [1.29, 1.82) is 0 Å². The maximum Gasteiger partial charge on any atom is 0.327 e. The first kappa shape index (κ1) is 17.6. The molecule has 8 heteroatoms. The van der Waals surface area contributed by atoms with Gasteiger partial charge >= 0.3 is 5.97 Å². The number of hydrogen-bond acceptors (Lipinski definition) is 4. The number of carboxylic acid groups (broad SMARTS) is 1. The second-order valence-electron chi connectivity index (χ2n) is 4.44. The molecule has 3 atom stereocenters. The minimum atomic E-state index is -1.69. The molecule has 2 unspecified atom stereocenters. The molecule has 0 saturated carbocycles. The van der Waals surface area contributed by atoms with E-state index in [2.05, 4.69) is 10.6 Å². The van der Waals surface area contributed by atoms with Gasteiger partial charge in [-0.1, -0.05) is 0 Å². The van der Waals surface area contributed by atoms with Crippen LogP contribution in [0.4, 0.5) is 0 Å². The maximum atomic E-state index is 11.9. The molecule has 0 aromatic carbocycles. The predicted octanol–water partition coefficient (Wildman–Crippen LogP) is -0.762. The highest BCUT2D eigenvalue weighted by atomic mass is 32.2. The van der Waals surface area contributed by atoms with Crippen molar-refractivity contribution >= 4 is 28.6 Å². The lowest BCUT2D eigenvalue weighted by Gasteiger charge is -2.17. The average Bonchev–Trinajstić information content (AvgIpc) is 2.25. The number of carbonyl (C=O) groups is 3. The largest absolute Gasteiger partial charge is 0.480 e. The third-order valence-electron chi connectivity index (χ3n) is 2.20. The molecule has 0 aromatic rings. The molecule has 2 amide bonds. The summed E-state index contributed by atoms with van der Waals surface area (Å²) in [5, 5.41) is 12.8. The number of carboxylic acids is 1. The standard InChI is InChI=1S/C11H20N2O5S/c1-6(2)12-10(15)7(3)19(18)5-9(11(16)17)13-8(4)14/h6-7,9H,5H2,1-4H3,(H,12,15)(H,13,14)(H,16,17)/t7?,9-,19?/m0/s1. The number of hydrogen-bond donors (Lipinski definition) is 3. The molecule has 19 heavy (non-hydrogen) atoms. The minimum Gasteiger partial charge on any atom is -0.480 e. The normalized spacial score (nSPS) is 15.4. The van der Waals surface area contributed by atoms with Crippen LogP contribution in [-0.4, -0.2) is 50.2 Å². The van der Waals surface area contributed by atoms with E-state index < -0.39 is 39.9 Å². The average molecular weight is 292 g/mol. The van der Waals surface area contributed by atoms with Gasteiger partial charge in [-0.05, 0) is 20.8 Å². The summed E-state index contributed by atoms with van der Waals surface area (Å²) in [6.45, 7) is 6.17. The molecule has 0 saturated heterocycles. The SMILES string of the molecule is CC(=O)N[C@@H](CS(=O)C(C)C(=O)NC(C)C)C(=O)O. The lowest BCUT2D eigenvalue weighted by Crippen LogP contribution is -2.47. The molecular formula is C11H20N2O5S. The Hall–Kier alpha value is -1.44. The fourth-order valence-electron chi connectivity index (χ4n) is 1.25. The summed E-state index contributed by atoms with van der Waals surface area (Å²) in [5.74, 6) is -2.51. The zero-order valence-electron chi connectivity index (χ0n) is 11.4. The summed E-state index contributed by atoms with van der Waals surface area (Å²) in [5.41, 5.74) is 0. The zero-order valence-corrected chi connectivity index (χ0v) is 12.2. The summed E-state index contributed by atoms with van der Waals surface area (Å²) in [6.07, 6.45) is 0. The molecule has 7 nitrogen and oxygen atoms in total. The number of aliphatic carboxylic acids is 1. The van der Waals surface area contributed by atoms with Gasteiger partial charge in [0.15, 0.2) is 0 Å². The molecule has 0 aliphatic carbocycles. The van der Waals surface area contributed by atoms with Crippen LogP contribution in [0.25, 0.3) is 0 Å². The third-order valence-corrected chi connectivity index (χ3v) is 3.87. The van der Waals surface area contributed by atoms with E-state index in [1.807, 2.05) is 0 Å². The van der Waals surface area contributed by atoms with Crippen LogP contribution in [0.5, 0.6) is 0 Å². The van der Waals surface area contributed by atoms with Gasteiger partial charge in [0.25, 0.3) is 0 Å². The molecule has 0 spiro atoms. The third kappa shape index (κ3) is 6.90. The van der Waals surface area contributed by atoms with Crippen LogP contribution in [0, 0.1) is 0 Å². The van der Waals surface area contributed by atoms with Gasteiger partial charge in [-0.25, -0.2) is 4.79 Å². The van der Waals surface area contributed by atoms with E-state index in [1.54, 1.807) is 13.8 Å². The molecule has 3 N–H and O–H groups in total. The van der Waals surface area contributed by atoms with Crippen molar-refractivity contribution in [2.45, 2.75) is 45.0 Å². The van der Waals surface area contributed by atoms with Gasteiger partial charge in [0.1, 0.15) is 11.3 Å². The van der Waals surface area contributed by atoms with Crippen molar-refractivity contribution in [3.05, 3.63) is 0 Å². The van der Waals surface area contributed by atoms with Crippen LogP contribution in [0.1, 0.15) is 27.7 Å².